The van der Waals surface area contributed by atoms with Crippen molar-refractivity contribution in [2.24, 2.45) is 17.8 Å². The highest BCUT2D eigenvalue weighted by atomic mass is 16.5. The highest BCUT2D eigenvalue weighted by molar-refractivity contribution is 5.69. The van der Waals surface area contributed by atoms with Crippen molar-refractivity contribution in [1.82, 2.24) is 4.90 Å². The second kappa shape index (κ2) is 4.21. The molecule has 0 aromatic heterocycles. The lowest BCUT2D eigenvalue weighted by molar-refractivity contribution is -0.145. The van der Waals surface area contributed by atoms with Gasteiger partial charge in [0.15, 0.2) is 0 Å². The molecule has 1 saturated carbocycles. The zero-order valence-corrected chi connectivity index (χ0v) is 9.60. The van der Waals surface area contributed by atoms with Crippen LogP contribution in [0.5, 0.6) is 0 Å². The SMILES string of the molecule is O=C(CCN1CC1)OC[C@@H]1C[C@@H]2C=C[C@H]1C2. The van der Waals surface area contributed by atoms with Crippen LogP contribution in [0.2, 0.25) is 0 Å². The topological polar surface area (TPSA) is 29.3 Å². The van der Waals surface area contributed by atoms with E-state index in [9.17, 15) is 4.79 Å². The average molecular weight is 221 g/mol. The van der Waals surface area contributed by atoms with Crippen molar-refractivity contribution < 1.29 is 9.53 Å². The van der Waals surface area contributed by atoms with Gasteiger partial charge in [-0.2, -0.15) is 0 Å². The van der Waals surface area contributed by atoms with Gasteiger partial charge in [0.05, 0.1) is 13.0 Å². The summed E-state index contributed by atoms with van der Waals surface area (Å²) in [6.45, 7) is 3.84. The first-order chi connectivity index (χ1) is 7.81. The van der Waals surface area contributed by atoms with Crippen molar-refractivity contribution in [2.45, 2.75) is 19.3 Å². The zero-order chi connectivity index (χ0) is 11.0. The molecule has 0 aromatic rings. The minimum Gasteiger partial charge on any atom is -0.465 e. The Kier molecular flexibility index (Phi) is 2.72. The molecule has 16 heavy (non-hydrogen) atoms. The molecule has 88 valence electrons. The third-order valence-corrected chi connectivity index (χ3v) is 4.05. The molecule has 0 aromatic carbocycles. The van der Waals surface area contributed by atoms with Gasteiger partial charge in [0.2, 0.25) is 0 Å². The molecule has 3 rings (SSSR count). The lowest BCUT2D eigenvalue weighted by Gasteiger charge is -2.17. The molecule has 0 N–H and O–H groups in total. The van der Waals surface area contributed by atoms with Gasteiger partial charge in [-0.1, -0.05) is 12.2 Å². The van der Waals surface area contributed by atoms with Crippen LogP contribution < -0.4 is 0 Å². The van der Waals surface area contributed by atoms with E-state index in [0.717, 1.165) is 25.6 Å². The fourth-order valence-electron chi connectivity index (χ4n) is 2.90. The van der Waals surface area contributed by atoms with Crippen LogP contribution in [0.4, 0.5) is 0 Å². The molecular weight excluding hydrogens is 202 g/mol. The normalized spacial score (nSPS) is 35.6. The van der Waals surface area contributed by atoms with E-state index in [2.05, 4.69) is 17.1 Å². The maximum Gasteiger partial charge on any atom is 0.307 e. The Hall–Kier alpha value is -0.830. The summed E-state index contributed by atoms with van der Waals surface area (Å²) in [5.74, 6) is 2.04. The molecule has 2 fully saturated rings. The Labute approximate surface area is 96.4 Å². The van der Waals surface area contributed by atoms with Crippen molar-refractivity contribution in [2.75, 3.05) is 26.2 Å². The van der Waals surface area contributed by atoms with Crippen LogP contribution >= 0.6 is 0 Å². The largest absolute Gasteiger partial charge is 0.465 e. The van der Waals surface area contributed by atoms with Gasteiger partial charge in [0, 0.05) is 19.6 Å². The summed E-state index contributed by atoms with van der Waals surface area (Å²) in [4.78, 5) is 13.7. The number of fused-ring (bicyclic) bond motifs is 2. The lowest BCUT2D eigenvalue weighted by atomic mass is 9.95. The predicted octanol–water partition coefficient (Wildman–Crippen LogP) is 1.45. The quantitative estimate of drug-likeness (QED) is 0.400. The van der Waals surface area contributed by atoms with Gasteiger partial charge >= 0.3 is 5.97 Å². The highest BCUT2D eigenvalue weighted by Crippen LogP contribution is 2.43. The van der Waals surface area contributed by atoms with Crippen molar-refractivity contribution >= 4 is 5.97 Å². The number of hydrogen-bond acceptors (Lipinski definition) is 3. The summed E-state index contributed by atoms with van der Waals surface area (Å²) in [6.07, 6.45) is 7.71. The number of ether oxygens (including phenoxy) is 1. The van der Waals surface area contributed by atoms with E-state index in [1.165, 1.54) is 12.8 Å². The maximum atomic E-state index is 11.5. The Morgan fingerprint density at radius 3 is 2.81 bits per heavy atom. The first-order valence-electron chi connectivity index (χ1n) is 6.37. The van der Waals surface area contributed by atoms with Crippen molar-refractivity contribution in [1.29, 1.82) is 0 Å². The first-order valence-corrected chi connectivity index (χ1v) is 6.37. The van der Waals surface area contributed by atoms with Crippen LogP contribution in [0.15, 0.2) is 12.2 Å². The number of hydrogen-bond donors (Lipinski definition) is 0. The van der Waals surface area contributed by atoms with E-state index in [4.69, 9.17) is 4.74 Å². The number of rotatable bonds is 5. The van der Waals surface area contributed by atoms with Gasteiger partial charge in [0.1, 0.15) is 0 Å². The molecule has 0 unspecified atom stereocenters. The van der Waals surface area contributed by atoms with Crippen LogP contribution in [0.1, 0.15) is 19.3 Å². The van der Waals surface area contributed by atoms with Crippen molar-refractivity contribution in [3.05, 3.63) is 12.2 Å². The van der Waals surface area contributed by atoms with Crippen molar-refractivity contribution in [3.63, 3.8) is 0 Å². The molecule has 0 amide bonds. The third kappa shape index (κ3) is 2.29. The highest BCUT2D eigenvalue weighted by Gasteiger charge is 2.36. The summed E-state index contributed by atoms with van der Waals surface area (Å²) in [5.41, 5.74) is 0. The Balaban J connectivity index is 1.36. The molecule has 3 nitrogen and oxygen atoms in total. The summed E-state index contributed by atoms with van der Waals surface area (Å²) in [5, 5.41) is 0. The molecule has 1 heterocycles. The number of nitrogens with zero attached hydrogens (tertiary/aromatic N) is 1. The summed E-state index contributed by atoms with van der Waals surface area (Å²) in [7, 11) is 0. The molecule has 1 saturated heterocycles. The second-order valence-electron chi connectivity index (χ2n) is 5.31. The molecular formula is C13H19NO2. The van der Waals surface area contributed by atoms with E-state index in [0.29, 0.717) is 24.9 Å². The van der Waals surface area contributed by atoms with E-state index in [1.807, 2.05) is 0 Å². The molecule has 3 heteroatoms. The van der Waals surface area contributed by atoms with Crippen LogP contribution in [-0.4, -0.2) is 37.1 Å². The van der Waals surface area contributed by atoms with E-state index in [1.54, 1.807) is 0 Å². The summed E-state index contributed by atoms with van der Waals surface area (Å²) >= 11 is 0. The van der Waals surface area contributed by atoms with Gasteiger partial charge in [-0.25, -0.2) is 0 Å². The molecule has 1 aliphatic heterocycles. The zero-order valence-electron chi connectivity index (χ0n) is 9.60. The third-order valence-electron chi connectivity index (χ3n) is 4.05. The standard InChI is InChI=1S/C13H19NO2/c15-13(3-4-14-5-6-14)16-9-12-8-10-1-2-11(12)7-10/h1-2,10-12H,3-9H2/t10-,11+,12+/m1/s1. The van der Waals surface area contributed by atoms with Crippen LogP contribution in [-0.2, 0) is 9.53 Å². The summed E-state index contributed by atoms with van der Waals surface area (Å²) in [6, 6.07) is 0. The first kappa shape index (κ1) is 10.3. The van der Waals surface area contributed by atoms with Gasteiger partial charge in [-0.3, -0.25) is 4.79 Å². The molecule has 3 aliphatic rings. The van der Waals surface area contributed by atoms with Gasteiger partial charge in [0.25, 0.3) is 0 Å². The van der Waals surface area contributed by atoms with Gasteiger partial charge in [-0.05, 0) is 30.6 Å². The van der Waals surface area contributed by atoms with E-state index < -0.39 is 0 Å². The Morgan fingerprint density at radius 2 is 2.19 bits per heavy atom. The Morgan fingerprint density at radius 1 is 1.31 bits per heavy atom. The van der Waals surface area contributed by atoms with Crippen LogP contribution in [0.25, 0.3) is 0 Å². The molecule has 2 bridgehead atoms. The predicted molar refractivity (Wildman–Crippen MR) is 60.9 cm³/mol. The molecule has 0 spiro atoms. The number of esters is 1. The van der Waals surface area contributed by atoms with E-state index >= 15 is 0 Å². The molecule has 2 aliphatic carbocycles. The van der Waals surface area contributed by atoms with Crippen LogP contribution in [0.3, 0.4) is 0 Å². The average Bonchev–Trinajstić information content (AvgIpc) is 2.89. The second-order valence-corrected chi connectivity index (χ2v) is 5.31. The Bertz CT molecular complexity index is 309. The van der Waals surface area contributed by atoms with Crippen molar-refractivity contribution in [3.8, 4) is 0 Å². The molecule has 0 radical (unpaired) electrons. The van der Waals surface area contributed by atoms with Gasteiger partial charge < -0.3 is 9.64 Å². The number of allylic oxidation sites excluding steroid dienone is 2. The number of carbonyl (C=O) groups is 1. The fraction of sp³-hybridized carbons (Fsp3) is 0.769. The monoisotopic (exact) mass is 221 g/mol. The van der Waals surface area contributed by atoms with Crippen LogP contribution in [0, 0.1) is 17.8 Å². The van der Waals surface area contributed by atoms with E-state index in [-0.39, 0.29) is 5.97 Å². The minimum absolute atomic E-state index is 0.0151. The number of carbonyl (C=O) groups excluding carboxylic acids is 1. The lowest BCUT2D eigenvalue weighted by Crippen LogP contribution is -2.19. The minimum atomic E-state index is -0.0151. The summed E-state index contributed by atoms with van der Waals surface area (Å²) < 4.78 is 5.36. The smallest absolute Gasteiger partial charge is 0.307 e. The fourth-order valence-corrected chi connectivity index (χ4v) is 2.90. The molecule has 3 atom stereocenters. The maximum absolute atomic E-state index is 11.5. The van der Waals surface area contributed by atoms with Gasteiger partial charge in [-0.15, -0.1) is 0 Å².